The third kappa shape index (κ3) is 3.09. The maximum absolute atomic E-state index is 5.60. The number of piperazine rings is 1. The van der Waals surface area contributed by atoms with Gasteiger partial charge in [-0.2, -0.15) is 0 Å². The van der Waals surface area contributed by atoms with Gasteiger partial charge < -0.3 is 18.6 Å². The molecule has 0 aromatic carbocycles. The molecule has 5 rings (SSSR count). The molecule has 1 saturated heterocycles. The van der Waals surface area contributed by atoms with Gasteiger partial charge in [0.1, 0.15) is 11.5 Å². The van der Waals surface area contributed by atoms with E-state index in [1.54, 1.807) is 31.1 Å². The zero-order chi connectivity index (χ0) is 18.8. The van der Waals surface area contributed by atoms with Gasteiger partial charge in [0.15, 0.2) is 5.76 Å². The minimum Gasteiger partial charge on any atom is -0.464 e. The van der Waals surface area contributed by atoms with Crippen molar-refractivity contribution in [2.24, 2.45) is 0 Å². The van der Waals surface area contributed by atoms with Crippen molar-refractivity contribution in [3.05, 3.63) is 61.4 Å². The molecule has 8 heteroatoms. The molecular formula is C20H18N6O2. The van der Waals surface area contributed by atoms with Crippen molar-refractivity contribution in [3.8, 4) is 22.8 Å². The summed E-state index contributed by atoms with van der Waals surface area (Å²) < 4.78 is 11.2. The van der Waals surface area contributed by atoms with Crippen LogP contribution in [-0.2, 0) is 0 Å². The van der Waals surface area contributed by atoms with Crippen LogP contribution < -0.4 is 9.80 Å². The molecule has 140 valence electrons. The predicted molar refractivity (Wildman–Crippen MR) is 104 cm³/mol. The number of anilines is 2. The molecule has 8 nitrogen and oxygen atoms in total. The summed E-state index contributed by atoms with van der Waals surface area (Å²) in [6.07, 6.45) is 8.61. The van der Waals surface area contributed by atoms with Gasteiger partial charge in [-0.05, 0) is 30.3 Å². The standard InChI is InChI=1S/C20H18N6O2/c1-4-16(27-12-1)15-14-23-20(24-18(15)17-5-2-13-28-17)26-10-8-25(9-11-26)19-21-6-3-7-22-19/h1-7,12-14H,8-11H2. The lowest BCUT2D eigenvalue weighted by atomic mass is 10.1. The molecule has 1 fully saturated rings. The van der Waals surface area contributed by atoms with E-state index in [-0.39, 0.29) is 0 Å². The number of hydrogen-bond donors (Lipinski definition) is 0. The molecule has 0 saturated carbocycles. The first-order valence-electron chi connectivity index (χ1n) is 9.10. The maximum Gasteiger partial charge on any atom is 0.226 e. The fraction of sp³-hybridized carbons (Fsp3) is 0.200. The van der Waals surface area contributed by atoms with Crippen molar-refractivity contribution < 1.29 is 8.83 Å². The van der Waals surface area contributed by atoms with Crippen LogP contribution in [0.4, 0.5) is 11.9 Å². The Bertz CT molecular complexity index is 1030. The largest absolute Gasteiger partial charge is 0.464 e. The van der Waals surface area contributed by atoms with E-state index in [0.29, 0.717) is 17.5 Å². The van der Waals surface area contributed by atoms with Crippen LogP contribution in [0.1, 0.15) is 0 Å². The Morgan fingerprint density at radius 1 is 0.714 bits per heavy atom. The van der Waals surface area contributed by atoms with Crippen molar-refractivity contribution in [1.82, 2.24) is 19.9 Å². The molecule has 0 radical (unpaired) electrons. The minimum absolute atomic E-state index is 0.676. The molecule has 0 amide bonds. The monoisotopic (exact) mass is 374 g/mol. The molecule has 4 aromatic rings. The normalized spacial score (nSPS) is 14.4. The van der Waals surface area contributed by atoms with E-state index in [0.717, 1.165) is 43.4 Å². The van der Waals surface area contributed by atoms with Gasteiger partial charge in [-0.3, -0.25) is 0 Å². The molecule has 4 aromatic heterocycles. The highest BCUT2D eigenvalue weighted by atomic mass is 16.3. The van der Waals surface area contributed by atoms with Crippen LogP contribution in [0.15, 0.2) is 70.3 Å². The number of rotatable bonds is 4. The quantitative estimate of drug-likeness (QED) is 0.539. The summed E-state index contributed by atoms with van der Waals surface area (Å²) in [5, 5.41) is 0. The highest BCUT2D eigenvalue weighted by molar-refractivity contribution is 5.75. The van der Waals surface area contributed by atoms with Gasteiger partial charge in [0.05, 0.1) is 18.1 Å². The van der Waals surface area contributed by atoms with Crippen LogP contribution >= 0.6 is 0 Å². The van der Waals surface area contributed by atoms with Gasteiger partial charge in [-0.15, -0.1) is 0 Å². The Labute approximate surface area is 161 Å². The van der Waals surface area contributed by atoms with E-state index in [1.165, 1.54) is 0 Å². The first-order valence-corrected chi connectivity index (χ1v) is 9.10. The molecule has 0 bridgehead atoms. The number of aromatic nitrogens is 4. The average molecular weight is 374 g/mol. The second-order valence-corrected chi connectivity index (χ2v) is 6.41. The third-order valence-electron chi connectivity index (χ3n) is 4.71. The lowest BCUT2D eigenvalue weighted by molar-refractivity contribution is 0.572. The zero-order valence-electron chi connectivity index (χ0n) is 15.1. The fourth-order valence-electron chi connectivity index (χ4n) is 3.30. The van der Waals surface area contributed by atoms with E-state index in [9.17, 15) is 0 Å². The van der Waals surface area contributed by atoms with Crippen molar-refractivity contribution >= 4 is 11.9 Å². The Morgan fingerprint density at radius 2 is 1.36 bits per heavy atom. The highest BCUT2D eigenvalue weighted by Gasteiger charge is 2.23. The minimum atomic E-state index is 0.676. The molecule has 5 heterocycles. The van der Waals surface area contributed by atoms with E-state index in [1.807, 2.05) is 30.3 Å². The highest BCUT2D eigenvalue weighted by Crippen LogP contribution is 2.32. The molecule has 0 aliphatic carbocycles. The van der Waals surface area contributed by atoms with Crippen LogP contribution in [0, 0.1) is 0 Å². The molecule has 0 spiro atoms. The molecule has 0 unspecified atom stereocenters. The zero-order valence-corrected chi connectivity index (χ0v) is 15.1. The fourth-order valence-corrected chi connectivity index (χ4v) is 3.30. The first kappa shape index (κ1) is 16.5. The Kier molecular flexibility index (Phi) is 4.21. The van der Waals surface area contributed by atoms with Gasteiger partial charge in [-0.1, -0.05) is 0 Å². The van der Waals surface area contributed by atoms with Crippen molar-refractivity contribution in [2.45, 2.75) is 0 Å². The summed E-state index contributed by atoms with van der Waals surface area (Å²) in [5.74, 6) is 2.83. The maximum atomic E-state index is 5.60. The first-order chi connectivity index (χ1) is 13.9. The summed E-state index contributed by atoms with van der Waals surface area (Å²) in [7, 11) is 0. The van der Waals surface area contributed by atoms with Crippen LogP contribution in [0.25, 0.3) is 22.8 Å². The second kappa shape index (κ2) is 7.15. The van der Waals surface area contributed by atoms with Gasteiger partial charge >= 0.3 is 0 Å². The molecule has 0 N–H and O–H groups in total. The van der Waals surface area contributed by atoms with Crippen molar-refractivity contribution in [3.63, 3.8) is 0 Å². The lowest BCUT2D eigenvalue weighted by Gasteiger charge is -2.34. The number of furan rings is 2. The molecule has 1 aliphatic rings. The third-order valence-corrected chi connectivity index (χ3v) is 4.71. The van der Waals surface area contributed by atoms with E-state index < -0.39 is 0 Å². The summed E-state index contributed by atoms with van der Waals surface area (Å²) >= 11 is 0. The average Bonchev–Trinajstić information content (AvgIpc) is 3.48. The SMILES string of the molecule is c1cnc(N2CCN(c3ncc(-c4ccco4)c(-c4ccco4)n3)CC2)nc1. The van der Waals surface area contributed by atoms with Gasteiger partial charge in [0.25, 0.3) is 0 Å². The predicted octanol–water partition coefficient (Wildman–Crippen LogP) is 3.11. The summed E-state index contributed by atoms with van der Waals surface area (Å²) in [4.78, 5) is 22.4. The van der Waals surface area contributed by atoms with Crippen LogP contribution in [0.3, 0.4) is 0 Å². The van der Waals surface area contributed by atoms with Crippen molar-refractivity contribution in [1.29, 1.82) is 0 Å². The van der Waals surface area contributed by atoms with E-state index >= 15 is 0 Å². The number of hydrogen-bond acceptors (Lipinski definition) is 8. The summed E-state index contributed by atoms with van der Waals surface area (Å²) in [6, 6.07) is 9.30. The Balaban J connectivity index is 1.41. The topological polar surface area (TPSA) is 84.3 Å². The van der Waals surface area contributed by atoms with Crippen LogP contribution in [0.5, 0.6) is 0 Å². The van der Waals surface area contributed by atoms with Gasteiger partial charge in [0, 0.05) is 44.8 Å². The molecule has 0 atom stereocenters. The van der Waals surface area contributed by atoms with Crippen LogP contribution in [0.2, 0.25) is 0 Å². The van der Waals surface area contributed by atoms with E-state index in [2.05, 4.69) is 24.8 Å². The Hall–Kier alpha value is -3.68. The smallest absolute Gasteiger partial charge is 0.226 e. The lowest BCUT2D eigenvalue weighted by Crippen LogP contribution is -2.47. The molecule has 1 aliphatic heterocycles. The Morgan fingerprint density at radius 3 is 2.00 bits per heavy atom. The van der Waals surface area contributed by atoms with Crippen molar-refractivity contribution in [2.75, 3.05) is 36.0 Å². The van der Waals surface area contributed by atoms with Gasteiger partial charge in [-0.25, -0.2) is 19.9 Å². The molecular weight excluding hydrogens is 356 g/mol. The number of nitrogens with zero attached hydrogens (tertiary/aromatic N) is 6. The second-order valence-electron chi connectivity index (χ2n) is 6.41. The summed E-state index contributed by atoms with van der Waals surface area (Å²) in [6.45, 7) is 3.19. The van der Waals surface area contributed by atoms with Crippen LogP contribution in [-0.4, -0.2) is 46.1 Å². The van der Waals surface area contributed by atoms with E-state index in [4.69, 9.17) is 13.8 Å². The molecule has 28 heavy (non-hydrogen) atoms. The summed E-state index contributed by atoms with van der Waals surface area (Å²) in [5.41, 5.74) is 1.53. The van der Waals surface area contributed by atoms with Gasteiger partial charge in [0.2, 0.25) is 11.9 Å².